The van der Waals surface area contributed by atoms with Crippen molar-refractivity contribution >= 4 is 17.8 Å². The summed E-state index contributed by atoms with van der Waals surface area (Å²) in [5, 5.41) is 9.40. The molecule has 9 heteroatoms. The van der Waals surface area contributed by atoms with Crippen LogP contribution in [0.15, 0.2) is 24.5 Å². The van der Waals surface area contributed by atoms with Crippen molar-refractivity contribution in [3.05, 3.63) is 24.5 Å². The summed E-state index contributed by atoms with van der Waals surface area (Å²) in [6, 6.07) is 3.58. The first-order valence-electron chi connectivity index (χ1n) is 10.3. The SMILES string of the molecule is O=C(Nc1nccc(-c2ccnc(NCC3CCOCC3)n2)n1)C1CCCNC1. The first-order valence-corrected chi connectivity index (χ1v) is 10.3. The van der Waals surface area contributed by atoms with Crippen molar-refractivity contribution in [2.75, 3.05) is 43.5 Å². The Labute approximate surface area is 170 Å². The predicted octanol–water partition coefficient (Wildman–Crippen LogP) is 1.71. The van der Waals surface area contributed by atoms with Gasteiger partial charge in [0.05, 0.1) is 17.3 Å². The van der Waals surface area contributed by atoms with Crippen LogP contribution in [0.4, 0.5) is 11.9 Å². The number of carbonyl (C=O) groups excluding carboxylic acids is 1. The van der Waals surface area contributed by atoms with E-state index in [4.69, 9.17) is 4.74 Å². The highest BCUT2D eigenvalue weighted by molar-refractivity contribution is 5.91. The summed E-state index contributed by atoms with van der Waals surface area (Å²) in [6.45, 7) is 4.13. The van der Waals surface area contributed by atoms with Gasteiger partial charge in [-0.3, -0.25) is 10.1 Å². The van der Waals surface area contributed by atoms with Crippen molar-refractivity contribution < 1.29 is 9.53 Å². The number of piperidine rings is 1. The molecular weight excluding hydrogens is 370 g/mol. The first-order chi connectivity index (χ1) is 14.3. The van der Waals surface area contributed by atoms with Crippen molar-refractivity contribution in [3.63, 3.8) is 0 Å². The van der Waals surface area contributed by atoms with E-state index in [9.17, 15) is 4.79 Å². The van der Waals surface area contributed by atoms with Gasteiger partial charge in [0.25, 0.3) is 0 Å². The lowest BCUT2D eigenvalue weighted by Crippen LogP contribution is -2.37. The summed E-state index contributed by atoms with van der Waals surface area (Å²) in [4.78, 5) is 30.0. The molecule has 2 fully saturated rings. The quantitative estimate of drug-likeness (QED) is 0.675. The maximum Gasteiger partial charge on any atom is 0.231 e. The second kappa shape index (κ2) is 9.71. The Morgan fingerprint density at radius 2 is 1.79 bits per heavy atom. The number of aromatic nitrogens is 4. The van der Waals surface area contributed by atoms with Crippen molar-refractivity contribution in [2.24, 2.45) is 11.8 Å². The Balaban J connectivity index is 1.40. The number of ether oxygens (including phenoxy) is 1. The molecule has 1 atom stereocenters. The Hall–Kier alpha value is -2.65. The van der Waals surface area contributed by atoms with Crippen molar-refractivity contribution in [2.45, 2.75) is 25.7 Å². The van der Waals surface area contributed by atoms with E-state index < -0.39 is 0 Å². The number of anilines is 2. The number of hydrogen-bond donors (Lipinski definition) is 3. The molecule has 9 nitrogen and oxygen atoms in total. The largest absolute Gasteiger partial charge is 0.381 e. The summed E-state index contributed by atoms with van der Waals surface area (Å²) >= 11 is 0. The van der Waals surface area contributed by atoms with E-state index in [1.807, 2.05) is 0 Å². The van der Waals surface area contributed by atoms with Gasteiger partial charge in [-0.25, -0.2) is 19.9 Å². The van der Waals surface area contributed by atoms with Gasteiger partial charge in [-0.15, -0.1) is 0 Å². The Kier molecular flexibility index (Phi) is 6.58. The first kappa shape index (κ1) is 19.7. The topological polar surface area (TPSA) is 114 Å². The second-order valence-electron chi connectivity index (χ2n) is 7.50. The molecule has 1 amide bonds. The molecule has 0 aromatic carbocycles. The summed E-state index contributed by atoms with van der Waals surface area (Å²) in [5.41, 5.74) is 1.33. The summed E-state index contributed by atoms with van der Waals surface area (Å²) in [5.74, 6) is 1.36. The fraction of sp³-hybridized carbons (Fsp3) is 0.550. The van der Waals surface area contributed by atoms with Crippen LogP contribution in [-0.4, -0.2) is 58.7 Å². The minimum absolute atomic E-state index is 0.0453. The Morgan fingerprint density at radius 1 is 1.07 bits per heavy atom. The van der Waals surface area contributed by atoms with Crippen LogP contribution in [0.5, 0.6) is 0 Å². The molecule has 0 saturated carbocycles. The molecule has 2 aliphatic heterocycles. The van der Waals surface area contributed by atoms with Crippen LogP contribution in [0.3, 0.4) is 0 Å². The number of rotatable bonds is 6. The molecule has 0 aliphatic carbocycles. The Morgan fingerprint density at radius 3 is 2.52 bits per heavy atom. The van der Waals surface area contributed by atoms with E-state index in [1.165, 1.54) is 0 Å². The number of nitrogens with zero attached hydrogens (tertiary/aromatic N) is 4. The number of hydrogen-bond acceptors (Lipinski definition) is 8. The highest BCUT2D eigenvalue weighted by Gasteiger charge is 2.21. The summed E-state index contributed by atoms with van der Waals surface area (Å²) < 4.78 is 5.40. The fourth-order valence-corrected chi connectivity index (χ4v) is 3.62. The minimum Gasteiger partial charge on any atom is -0.381 e. The minimum atomic E-state index is -0.0455. The van der Waals surface area contributed by atoms with Crippen molar-refractivity contribution in [1.29, 1.82) is 0 Å². The average Bonchev–Trinajstić information content (AvgIpc) is 2.79. The van der Waals surface area contributed by atoms with Gasteiger partial charge in [0.2, 0.25) is 17.8 Å². The summed E-state index contributed by atoms with van der Waals surface area (Å²) in [7, 11) is 0. The molecule has 2 aromatic heterocycles. The molecule has 0 radical (unpaired) electrons. The molecule has 154 valence electrons. The molecule has 3 N–H and O–H groups in total. The van der Waals surface area contributed by atoms with Crippen LogP contribution < -0.4 is 16.0 Å². The normalized spacial score (nSPS) is 20.2. The molecule has 29 heavy (non-hydrogen) atoms. The lowest BCUT2D eigenvalue weighted by molar-refractivity contribution is -0.120. The standard InChI is InChI=1S/C20H27N7O2/c28-18(15-2-1-7-21-13-15)27-20-23-9-4-17(26-20)16-3-8-22-19(25-16)24-12-14-5-10-29-11-6-14/h3-4,8-9,14-15,21H,1-2,5-7,10-13H2,(H,22,24,25)(H,23,26,27,28). The molecule has 4 rings (SSSR count). The van der Waals surface area contributed by atoms with E-state index in [-0.39, 0.29) is 11.8 Å². The number of amides is 1. The highest BCUT2D eigenvalue weighted by Crippen LogP contribution is 2.19. The molecule has 2 aromatic rings. The van der Waals surface area contributed by atoms with Crippen molar-refractivity contribution in [1.82, 2.24) is 25.3 Å². The van der Waals surface area contributed by atoms with Crippen molar-refractivity contribution in [3.8, 4) is 11.4 Å². The van der Waals surface area contributed by atoms with Gasteiger partial charge in [0.1, 0.15) is 0 Å². The summed E-state index contributed by atoms with van der Waals surface area (Å²) in [6.07, 6.45) is 7.34. The van der Waals surface area contributed by atoms with Gasteiger partial charge in [-0.1, -0.05) is 0 Å². The molecule has 1 unspecified atom stereocenters. The predicted molar refractivity (Wildman–Crippen MR) is 109 cm³/mol. The molecule has 2 saturated heterocycles. The molecule has 0 bridgehead atoms. The van der Waals surface area contributed by atoms with Gasteiger partial charge in [-0.2, -0.15) is 0 Å². The molecule has 0 spiro atoms. The average molecular weight is 397 g/mol. The highest BCUT2D eigenvalue weighted by atomic mass is 16.5. The van der Waals surface area contributed by atoms with Crippen LogP contribution in [0.25, 0.3) is 11.4 Å². The van der Waals surface area contributed by atoms with Gasteiger partial charge < -0.3 is 15.4 Å². The smallest absolute Gasteiger partial charge is 0.231 e. The maximum absolute atomic E-state index is 12.4. The van der Waals surface area contributed by atoms with E-state index >= 15 is 0 Å². The third-order valence-electron chi connectivity index (χ3n) is 5.37. The number of nitrogens with one attached hydrogen (secondary N) is 3. The number of carbonyl (C=O) groups is 1. The van der Waals surface area contributed by atoms with E-state index in [1.54, 1.807) is 24.5 Å². The third kappa shape index (κ3) is 5.45. The van der Waals surface area contributed by atoms with Gasteiger partial charge in [0, 0.05) is 38.7 Å². The Bertz CT molecular complexity index is 820. The molecule has 2 aliphatic rings. The second-order valence-corrected chi connectivity index (χ2v) is 7.50. The van der Waals surface area contributed by atoms with Crippen LogP contribution in [0, 0.1) is 11.8 Å². The fourth-order valence-electron chi connectivity index (χ4n) is 3.62. The lowest BCUT2D eigenvalue weighted by atomic mass is 9.99. The lowest BCUT2D eigenvalue weighted by Gasteiger charge is -2.22. The molecule has 4 heterocycles. The third-order valence-corrected chi connectivity index (χ3v) is 5.37. The zero-order chi connectivity index (χ0) is 19.9. The van der Waals surface area contributed by atoms with Gasteiger partial charge >= 0.3 is 0 Å². The van der Waals surface area contributed by atoms with Crippen LogP contribution in [0.1, 0.15) is 25.7 Å². The maximum atomic E-state index is 12.4. The molecular formula is C20H27N7O2. The zero-order valence-electron chi connectivity index (χ0n) is 16.4. The van der Waals surface area contributed by atoms with E-state index in [2.05, 4.69) is 35.9 Å². The van der Waals surface area contributed by atoms with E-state index in [0.29, 0.717) is 35.7 Å². The monoisotopic (exact) mass is 397 g/mol. The van der Waals surface area contributed by atoms with Crippen LogP contribution in [-0.2, 0) is 9.53 Å². The van der Waals surface area contributed by atoms with Gasteiger partial charge in [0.15, 0.2) is 0 Å². The van der Waals surface area contributed by atoms with E-state index in [0.717, 1.165) is 52.0 Å². The van der Waals surface area contributed by atoms with Gasteiger partial charge in [-0.05, 0) is 50.3 Å². The van der Waals surface area contributed by atoms with Crippen LogP contribution in [0.2, 0.25) is 0 Å². The van der Waals surface area contributed by atoms with Crippen LogP contribution >= 0.6 is 0 Å². The zero-order valence-corrected chi connectivity index (χ0v) is 16.4.